The van der Waals surface area contributed by atoms with Crippen LogP contribution in [0.25, 0.3) is 10.9 Å². The van der Waals surface area contributed by atoms with Gasteiger partial charge in [0.1, 0.15) is 11.6 Å². The fourth-order valence-corrected chi connectivity index (χ4v) is 3.49. The minimum Gasteiger partial charge on any atom is -0.383 e. The zero-order valence-electron chi connectivity index (χ0n) is 15.9. The van der Waals surface area contributed by atoms with Gasteiger partial charge in [0, 0.05) is 42.7 Å². The number of hydrogen-bond donors (Lipinski definition) is 2. The highest BCUT2D eigenvalue weighted by Gasteiger charge is 2.23. The Kier molecular flexibility index (Phi) is 5.09. The summed E-state index contributed by atoms with van der Waals surface area (Å²) < 4.78 is 0. The third-order valence-electron chi connectivity index (χ3n) is 5.12. The van der Waals surface area contributed by atoms with E-state index in [1.807, 2.05) is 29.2 Å². The van der Waals surface area contributed by atoms with Crippen LogP contribution in [-0.2, 0) is 6.54 Å². The van der Waals surface area contributed by atoms with E-state index < -0.39 is 5.91 Å². The number of para-hydroxylation sites is 1. The van der Waals surface area contributed by atoms with Gasteiger partial charge >= 0.3 is 0 Å². The largest absolute Gasteiger partial charge is 0.383 e. The molecule has 8 nitrogen and oxygen atoms in total. The molecular formula is C21H22N6O2. The normalized spacial score (nSPS) is 14.8. The molecule has 1 fully saturated rings. The number of anilines is 1. The van der Waals surface area contributed by atoms with E-state index in [1.165, 1.54) is 0 Å². The summed E-state index contributed by atoms with van der Waals surface area (Å²) in [5.41, 5.74) is 13.1. The molecule has 29 heavy (non-hydrogen) atoms. The Bertz CT molecular complexity index is 1060. The fourth-order valence-electron chi connectivity index (χ4n) is 3.49. The van der Waals surface area contributed by atoms with E-state index in [9.17, 15) is 9.59 Å². The molecule has 3 aromatic rings. The van der Waals surface area contributed by atoms with Gasteiger partial charge in [-0.2, -0.15) is 0 Å². The molecule has 148 valence electrons. The minimum absolute atomic E-state index is 0.0492. The van der Waals surface area contributed by atoms with Crippen molar-refractivity contribution in [3.05, 3.63) is 65.5 Å². The van der Waals surface area contributed by atoms with E-state index in [2.05, 4.69) is 14.9 Å². The molecule has 0 radical (unpaired) electrons. The van der Waals surface area contributed by atoms with Crippen LogP contribution in [0.4, 0.5) is 5.82 Å². The van der Waals surface area contributed by atoms with Gasteiger partial charge in [-0.15, -0.1) is 0 Å². The summed E-state index contributed by atoms with van der Waals surface area (Å²) in [6.45, 7) is 3.26. The van der Waals surface area contributed by atoms with Gasteiger partial charge < -0.3 is 16.4 Å². The van der Waals surface area contributed by atoms with Crippen molar-refractivity contribution in [1.29, 1.82) is 0 Å². The molecule has 0 bridgehead atoms. The minimum atomic E-state index is -0.505. The van der Waals surface area contributed by atoms with Crippen LogP contribution in [0.2, 0.25) is 0 Å². The lowest BCUT2D eigenvalue weighted by Gasteiger charge is -2.34. The fraction of sp³-hybridized carbons (Fsp3) is 0.238. The Morgan fingerprint density at radius 1 is 0.897 bits per heavy atom. The second kappa shape index (κ2) is 7.84. The van der Waals surface area contributed by atoms with Crippen molar-refractivity contribution in [2.45, 2.75) is 6.54 Å². The van der Waals surface area contributed by atoms with Gasteiger partial charge in [0.05, 0.1) is 12.1 Å². The Morgan fingerprint density at radius 2 is 1.55 bits per heavy atom. The number of hydrogen-bond acceptors (Lipinski definition) is 6. The predicted octanol–water partition coefficient (Wildman–Crippen LogP) is 1.27. The van der Waals surface area contributed by atoms with Crippen LogP contribution >= 0.6 is 0 Å². The molecule has 0 saturated carbocycles. The average molecular weight is 390 g/mol. The summed E-state index contributed by atoms with van der Waals surface area (Å²) >= 11 is 0. The Morgan fingerprint density at radius 3 is 2.24 bits per heavy atom. The topological polar surface area (TPSA) is 118 Å². The van der Waals surface area contributed by atoms with Crippen molar-refractivity contribution in [2.24, 2.45) is 5.73 Å². The van der Waals surface area contributed by atoms with Crippen LogP contribution in [0, 0.1) is 0 Å². The number of benzene rings is 2. The highest BCUT2D eigenvalue weighted by atomic mass is 16.2. The van der Waals surface area contributed by atoms with Crippen LogP contribution in [0.5, 0.6) is 0 Å². The summed E-state index contributed by atoms with van der Waals surface area (Å²) in [5.74, 6) is 0.614. The van der Waals surface area contributed by atoms with Crippen molar-refractivity contribution in [2.75, 3.05) is 31.9 Å². The number of piperazine rings is 1. The standard InChI is InChI=1S/C21H22N6O2/c22-19-16-3-1-2-4-17(16)24-18(25-19)13-26-9-11-27(12-10-26)21(29)15-7-5-14(6-8-15)20(23)28/h1-8H,9-13H2,(H2,23,28)(H2,22,24,25). The maximum atomic E-state index is 12.7. The third kappa shape index (κ3) is 4.02. The Hall–Kier alpha value is -3.52. The van der Waals surface area contributed by atoms with Crippen LogP contribution in [-0.4, -0.2) is 57.8 Å². The van der Waals surface area contributed by atoms with E-state index in [1.54, 1.807) is 24.3 Å². The van der Waals surface area contributed by atoms with Crippen molar-refractivity contribution >= 4 is 28.5 Å². The number of carbonyl (C=O) groups is 2. The molecule has 0 spiro atoms. The SMILES string of the molecule is NC(=O)c1ccc(C(=O)N2CCN(Cc3nc(N)c4ccccc4n3)CC2)cc1. The summed E-state index contributed by atoms with van der Waals surface area (Å²) in [6.07, 6.45) is 0. The number of nitrogens with zero attached hydrogens (tertiary/aromatic N) is 4. The molecule has 8 heteroatoms. The molecule has 1 aromatic heterocycles. The van der Waals surface area contributed by atoms with Crippen LogP contribution in [0.3, 0.4) is 0 Å². The van der Waals surface area contributed by atoms with Crippen molar-refractivity contribution in [3.8, 4) is 0 Å². The molecule has 0 aliphatic carbocycles. The number of aromatic nitrogens is 2. The third-order valence-corrected chi connectivity index (χ3v) is 5.12. The average Bonchev–Trinajstić information content (AvgIpc) is 2.74. The van der Waals surface area contributed by atoms with Crippen molar-refractivity contribution in [3.63, 3.8) is 0 Å². The monoisotopic (exact) mass is 390 g/mol. The quantitative estimate of drug-likeness (QED) is 0.692. The molecule has 0 atom stereocenters. The molecule has 0 unspecified atom stereocenters. The Balaban J connectivity index is 1.38. The van der Waals surface area contributed by atoms with E-state index in [0.717, 1.165) is 24.0 Å². The number of primary amides is 1. The number of fused-ring (bicyclic) bond motifs is 1. The number of amides is 2. The number of rotatable bonds is 4. The first kappa shape index (κ1) is 18.8. The lowest BCUT2D eigenvalue weighted by Crippen LogP contribution is -2.48. The number of carbonyl (C=O) groups excluding carboxylic acids is 2. The first-order chi connectivity index (χ1) is 14.0. The smallest absolute Gasteiger partial charge is 0.253 e. The molecule has 2 heterocycles. The van der Waals surface area contributed by atoms with Gasteiger partial charge in [0.2, 0.25) is 5.91 Å². The molecule has 4 N–H and O–H groups in total. The summed E-state index contributed by atoms with van der Waals surface area (Å²) in [5, 5.41) is 0.856. The molecule has 4 rings (SSSR count). The molecule has 1 aliphatic heterocycles. The lowest BCUT2D eigenvalue weighted by atomic mass is 10.1. The van der Waals surface area contributed by atoms with E-state index in [0.29, 0.717) is 42.4 Å². The molecule has 2 aromatic carbocycles. The predicted molar refractivity (Wildman–Crippen MR) is 110 cm³/mol. The first-order valence-corrected chi connectivity index (χ1v) is 9.44. The summed E-state index contributed by atoms with van der Waals surface area (Å²) in [6, 6.07) is 14.1. The molecular weight excluding hydrogens is 368 g/mol. The van der Waals surface area contributed by atoms with Gasteiger partial charge in [-0.3, -0.25) is 14.5 Å². The maximum absolute atomic E-state index is 12.7. The van der Waals surface area contributed by atoms with Gasteiger partial charge in [-0.05, 0) is 36.4 Å². The van der Waals surface area contributed by atoms with Crippen LogP contribution < -0.4 is 11.5 Å². The first-order valence-electron chi connectivity index (χ1n) is 9.44. The summed E-state index contributed by atoms with van der Waals surface area (Å²) in [4.78, 5) is 36.9. The highest BCUT2D eigenvalue weighted by Crippen LogP contribution is 2.18. The van der Waals surface area contributed by atoms with Crippen LogP contribution in [0.15, 0.2) is 48.5 Å². The summed E-state index contributed by atoms with van der Waals surface area (Å²) in [7, 11) is 0. The van der Waals surface area contributed by atoms with Crippen molar-refractivity contribution < 1.29 is 9.59 Å². The van der Waals surface area contributed by atoms with Crippen molar-refractivity contribution in [1.82, 2.24) is 19.8 Å². The zero-order chi connectivity index (χ0) is 20.4. The van der Waals surface area contributed by atoms with Gasteiger partial charge in [-0.25, -0.2) is 9.97 Å². The van der Waals surface area contributed by atoms with Gasteiger partial charge in [0.25, 0.3) is 5.91 Å². The highest BCUT2D eigenvalue weighted by molar-refractivity contribution is 5.97. The van der Waals surface area contributed by atoms with E-state index in [-0.39, 0.29) is 5.91 Å². The van der Waals surface area contributed by atoms with Crippen LogP contribution in [0.1, 0.15) is 26.5 Å². The molecule has 2 amide bonds. The van der Waals surface area contributed by atoms with E-state index in [4.69, 9.17) is 11.5 Å². The number of nitrogens with two attached hydrogens (primary N) is 2. The molecule has 1 aliphatic rings. The zero-order valence-corrected chi connectivity index (χ0v) is 15.9. The maximum Gasteiger partial charge on any atom is 0.253 e. The second-order valence-electron chi connectivity index (χ2n) is 7.05. The molecule has 1 saturated heterocycles. The number of nitrogen functional groups attached to an aromatic ring is 1. The lowest BCUT2D eigenvalue weighted by molar-refractivity contribution is 0.0625. The van der Waals surface area contributed by atoms with Gasteiger partial charge in [-0.1, -0.05) is 12.1 Å². The Labute approximate surface area is 168 Å². The van der Waals surface area contributed by atoms with E-state index >= 15 is 0 Å². The van der Waals surface area contributed by atoms with Gasteiger partial charge in [0.15, 0.2) is 0 Å². The second-order valence-corrected chi connectivity index (χ2v) is 7.05.